The largest absolute Gasteiger partial charge is 0.339 e. The summed E-state index contributed by atoms with van der Waals surface area (Å²) in [5.41, 5.74) is 0.394. The first-order valence-corrected chi connectivity index (χ1v) is 7.44. The molecule has 2 rings (SSSR count). The maximum Gasteiger partial charge on any atom is 0.236 e. The predicted molar refractivity (Wildman–Crippen MR) is 69.7 cm³/mol. The molecule has 1 aliphatic heterocycles. The summed E-state index contributed by atoms with van der Waals surface area (Å²) in [5, 5.41) is 0.267. The smallest absolute Gasteiger partial charge is 0.236 e. The third kappa shape index (κ3) is 3.16. The fourth-order valence-electron chi connectivity index (χ4n) is 2.09. The van der Waals surface area contributed by atoms with Crippen LogP contribution in [0.1, 0.15) is 46.5 Å². The quantitative estimate of drug-likeness (QED) is 0.754. The maximum absolute atomic E-state index is 12.0. The lowest BCUT2D eigenvalue weighted by Gasteiger charge is -2.19. The van der Waals surface area contributed by atoms with E-state index in [9.17, 15) is 4.79 Å². The number of carbonyl (C=O) groups excluding carboxylic acids is 1. The molecule has 16 heavy (non-hydrogen) atoms. The summed E-state index contributed by atoms with van der Waals surface area (Å²) in [4.78, 5) is 14.2. The van der Waals surface area contributed by atoms with Crippen LogP contribution in [0.4, 0.5) is 0 Å². The molecule has 2 nitrogen and oxygen atoms in total. The summed E-state index contributed by atoms with van der Waals surface area (Å²) in [6.07, 6.45) is 4.76. The van der Waals surface area contributed by atoms with Crippen LogP contribution < -0.4 is 0 Å². The highest BCUT2D eigenvalue weighted by molar-refractivity contribution is 8.00. The molecule has 0 aromatic rings. The molecule has 0 N–H and O–H groups in total. The van der Waals surface area contributed by atoms with Gasteiger partial charge < -0.3 is 4.90 Å². The topological polar surface area (TPSA) is 20.3 Å². The molecular weight excluding hydrogens is 218 g/mol. The minimum absolute atomic E-state index is 0.267. The minimum Gasteiger partial charge on any atom is -0.339 e. The van der Waals surface area contributed by atoms with Crippen molar-refractivity contribution >= 4 is 17.7 Å². The summed E-state index contributed by atoms with van der Waals surface area (Å²) in [6, 6.07) is 0.612. The lowest BCUT2D eigenvalue weighted by Crippen LogP contribution is -2.30. The van der Waals surface area contributed by atoms with Crippen molar-refractivity contribution < 1.29 is 4.79 Å². The molecule has 2 aliphatic rings. The molecular formula is C13H23NOS. The van der Waals surface area contributed by atoms with Crippen LogP contribution in [0.3, 0.4) is 0 Å². The van der Waals surface area contributed by atoms with Crippen molar-refractivity contribution in [1.29, 1.82) is 0 Å². The molecule has 1 saturated carbocycles. The molecule has 3 heteroatoms. The molecule has 1 saturated heterocycles. The third-order valence-corrected chi connectivity index (χ3v) is 4.63. The molecule has 0 aromatic heterocycles. The monoisotopic (exact) mass is 241 g/mol. The number of carbonyl (C=O) groups is 1. The van der Waals surface area contributed by atoms with Crippen LogP contribution in [-0.4, -0.2) is 34.4 Å². The van der Waals surface area contributed by atoms with Crippen LogP contribution in [0, 0.1) is 5.41 Å². The second-order valence-electron chi connectivity index (χ2n) is 6.22. The number of amides is 1. The Hall–Kier alpha value is -0.180. The maximum atomic E-state index is 12.0. The van der Waals surface area contributed by atoms with Crippen molar-refractivity contribution in [2.45, 2.75) is 57.7 Å². The highest BCUT2D eigenvalue weighted by Crippen LogP contribution is 2.35. The fraction of sp³-hybridized carbons (Fsp3) is 0.923. The molecule has 92 valence electrons. The Kier molecular flexibility index (Phi) is 3.53. The predicted octanol–water partition coefficient (Wildman–Crippen LogP) is 2.92. The Morgan fingerprint density at radius 2 is 2.00 bits per heavy atom. The number of nitrogens with zero attached hydrogens (tertiary/aromatic N) is 1. The van der Waals surface area contributed by atoms with Crippen LogP contribution in [0.5, 0.6) is 0 Å². The van der Waals surface area contributed by atoms with Gasteiger partial charge in [0.1, 0.15) is 0 Å². The van der Waals surface area contributed by atoms with Gasteiger partial charge in [0.15, 0.2) is 0 Å². The Morgan fingerprint density at radius 3 is 2.56 bits per heavy atom. The van der Waals surface area contributed by atoms with E-state index in [1.165, 1.54) is 19.3 Å². The molecule has 1 unspecified atom stereocenters. The van der Waals surface area contributed by atoms with Crippen molar-refractivity contribution in [3.63, 3.8) is 0 Å². The van der Waals surface area contributed by atoms with E-state index in [1.807, 2.05) is 11.8 Å². The molecule has 1 aliphatic carbocycles. The molecule has 1 atom stereocenters. The zero-order valence-electron chi connectivity index (χ0n) is 10.7. The summed E-state index contributed by atoms with van der Waals surface area (Å²) in [5.74, 6) is 1.54. The number of hydrogen-bond donors (Lipinski definition) is 0. The van der Waals surface area contributed by atoms with Gasteiger partial charge in [-0.05, 0) is 36.9 Å². The van der Waals surface area contributed by atoms with Crippen LogP contribution in [0.25, 0.3) is 0 Å². The Morgan fingerprint density at radius 1 is 1.31 bits per heavy atom. The fourth-order valence-corrected chi connectivity index (χ4v) is 3.65. The summed E-state index contributed by atoms with van der Waals surface area (Å²) >= 11 is 1.88. The van der Waals surface area contributed by atoms with Gasteiger partial charge in [-0.2, -0.15) is 0 Å². The van der Waals surface area contributed by atoms with Crippen molar-refractivity contribution in [1.82, 2.24) is 4.90 Å². The summed E-state index contributed by atoms with van der Waals surface area (Å²) in [7, 11) is 0. The van der Waals surface area contributed by atoms with Gasteiger partial charge in [-0.25, -0.2) is 0 Å². The van der Waals surface area contributed by atoms with Gasteiger partial charge >= 0.3 is 0 Å². The van der Waals surface area contributed by atoms with Gasteiger partial charge in [0.2, 0.25) is 5.91 Å². The SMILES string of the molecule is CC(C)(C)CCSC1CCN(C2CC2)C1=O. The Labute approximate surface area is 103 Å². The molecule has 1 amide bonds. The van der Waals surface area contributed by atoms with Crippen molar-refractivity contribution in [3.8, 4) is 0 Å². The van der Waals surface area contributed by atoms with E-state index >= 15 is 0 Å². The second-order valence-corrected chi connectivity index (χ2v) is 7.53. The Bertz CT molecular complexity index is 268. The van der Waals surface area contributed by atoms with E-state index in [1.54, 1.807) is 0 Å². The summed E-state index contributed by atoms with van der Waals surface area (Å²) < 4.78 is 0. The van der Waals surface area contributed by atoms with Gasteiger partial charge in [0, 0.05) is 12.6 Å². The zero-order valence-corrected chi connectivity index (χ0v) is 11.5. The lowest BCUT2D eigenvalue weighted by molar-refractivity contribution is -0.127. The number of rotatable bonds is 4. The van der Waals surface area contributed by atoms with E-state index in [-0.39, 0.29) is 5.25 Å². The van der Waals surface area contributed by atoms with Crippen molar-refractivity contribution in [2.75, 3.05) is 12.3 Å². The van der Waals surface area contributed by atoms with Gasteiger partial charge in [-0.1, -0.05) is 20.8 Å². The van der Waals surface area contributed by atoms with E-state index < -0.39 is 0 Å². The highest BCUT2D eigenvalue weighted by atomic mass is 32.2. The molecule has 0 spiro atoms. The van der Waals surface area contributed by atoms with Crippen LogP contribution in [0.2, 0.25) is 0 Å². The number of likely N-dealkylation sites (tertiary alicyclic amines) is 1. The van der Waals surface area contributed by atoms with E-state index in [0.29, 0.717) is 17.4 Å². The van der Waals surface area contributed by atoms with E-state index in [0.717, 1.165) is 18.7 Å². The Balaban J connectivity index is 1.72. The zero-order chi connectivity index (χ0) is 11.8. The summed E-state index contributed by atoms with van der Waals surface area (Å²) in [6.45, 7) is 7.80. The third-order valence-electron chi connectivity index (χ3n) is 3.35. The van der Waals surface area contributed by atoms with Crippen molar-refractivity contribution in [2.24, 2.45) is 5.41 Å². The van der Waals surface area contributed by atoms with Crippen LogP contribution in [-0.2, 0) is 4.79 Å². The van der Waals surface area contributed by atoms with Crippen molar-refractivity contribution in [3.05, 3.63) is 0 Å². The lowest BCUT2D eigenvalue weighted by atomic mass is 9.94. The highest BCUT2D eigenvalue weighted by Gasteiger charge is 2.40. The number of thioether (sulfide) groups is 1. The van der Waals surface area contributed by atoms with Gasteiger partial charge in [-0.15, -0.1) is 11.8 Å². The van der Waals surface area contributed by atoms with Crippen LogP contribution >= 0.6 is 11.8 Å². The normalized spacial score (nSPS) is 26.6. The molecule has 1 heterocycles. The average Bonchev–Trinajstić information content (AvgIpc) is 2.93. The minimum atomic E-state index is 0.267. The molecule has 2 fully saturated rings. The average molecular weight is 241 g/mol. The first-order chi connectivity index (χ1) is 7.47. The first-order valence-electron chi connectivity index (χ1n) is 6.39. The molecule has 0 aromatic carbocycles. The molecule has 0 radical (unpaired) electrons. The first kappa shape index (κ1) is 12.3. The van der Waals surface area contributed by atoms with Gasteiger partial charge in [0.25, 0.3) is 0 Å². The van der Waals surface area contributed by atoms with Crippen LogP contribution in [0.15, 0.2) is 0 Å². The number of hydrogen-bond acceptors (Lipinski definition) is 2. The van der Waals surface area contributed by atoms with E-state index in [4.69, 9.17) is 0 Å². The second kappa shape index (κ2) is 4.59. The van der Waals surface area contributed by atoms with Gasteiger partial charge in [0.05, 0.1) is 5.25 Å². The molecule has 0 bridgehead atoms. The van der Waals surface area contributed by atoms with Gasteiger partial charge in [-0.3, -0.25) is 4.79 Å². The van der Waals surface area contributed by atoms with E-state index in [2.05, 4.69) is 25.7 Å². The standard InChI is InChI=1S/C13H23NOS/c1-13(2,3)7-9-16-11-6-8-14(12(11)15)10-4-5-10/h10-11H,4-9H2,1-3H3.